The first-order chi connectivity index (χ1) is 28.6. The Morgan fingerprint density at radius 1 is 0.983 bits per heavy atom. The quantitative estimate of drug-likeness (QED) is 0.101. The largest absolute Gasteiger partial charge is 0.491 e. The molecule has 2 atom stereocenters. The van der Waals surface area contributed by atoms with Crippen molar-refractivity contribution >= 4 is 39.1 Å². The van der Waals surface area contributed by atoms with E-state index in [2.05, 4.69) is 36.8 Å². The molecule has 3 aromatic carbocycles. The minimum Gasteiger partial charge on any atom is -0.491 e. The number of aliphatic hydroxyl groups is 1. The third-order valence-electron chi connectivity index (χ3n) is 10.4. The monoisotopic (exact) mass is 842 g/mol. The number of benzene rings is 3. The van der Waals surface area contributed by atoms with Crippen LogP contribution in [0.1, 0.15) is 40.1 Å². The third-order valence-corrected chi connectivity index (χ3v) is 12.0. The van der Waals surface area contributed by atoms with Crippen LogP contribution in [0.5, 0.6) is 17.5 Å². The van der Waals surface area contributed by atoms with Crippen molar-refractivity contribution in [3.63, 3.8) is 0 Å². The first-order valence-electron chi connectivity index (χ1n) is 18.9. The van der Waals surface area contributed by atoms with Gasteiger partial charge in [-0.25, -0.2) is 19.3 Å². The number of carbonyl (C=O) groups is 1. The van der Waals surface area contributed by atoms with E-state index < -0.39 is 23.8 Å². The first kappa shape index (κ1) is 41.9. The Bertz CT molecular complexity index is 2450. The summed E-state index contributed by atoms with van der Waals surface area (Å²) in [5, 5.41) is 23.8. The van der Waals surface area contributed by atoms with Crippen molar-refractivity contribution in [1.82, 2.24) is 29.7 Å². The number of aliphatic hydroxyl groups excluding tert-OH is 1. The molecule has 1 saturated heterocycles. The number of para-hydroxylation sites is 1. The zero-order valence-electron chi connectivity index (χ0n) is 33.0. The molecular weight excluding hydrogens is 799 g/mol. The number of aliphatic carboxylic acids is 1. The fourth-order valence-corrected chi connectivity index (χ4v) is 8.56. The molecule has 1 aliphatic heterocycles. The summed E-state index contributed by atoms with van der Waals surface area (Å²) in [5.41, 5.74) is 3.73. The second kappa shape index (κ2) is 18.7. The van der Waals surface area contributed by atoms with Gasteiger partial charge >= 0.3 is 12.0 Å². The van der Waals surface area contributed by atoms with E-state index in [0.717, 1.165) is 32.7 Å². The summed E-state index contributed by atoms with van der Waals surface area (Å²) >= 11 is 8.38. The number of hydrogen-bond acceptors (Lipinski definition) is 13. The second-order valence-electron chi connectivity index (χ2n) is 14.1. The van der Waals surface area contributed by atoms with E-state index >= 15 is 0 Å². The number of fused-ring (bicyclic) bond motifs is 1. The van der Waals surface area contributed by atoms with Gasteiger partial charge in [-0.15, -0.1) is 11.3 Å². The predicted molar refractivity (Wildman–Crippen MR) is 223 cm³/mol. The van der Waals surface area contributed by atoms with Gasteiger partial charge in [-0.1, -0.05) is 41.9 Å². The Morgan fingerprint density at radius 3 is 2.54 bits per heavy atom. The van der Waals surface area contributed by atoms with E-state index in [9.17, 15) is 19.4 Å². The molecule has 4 heterocycles. The number of carboxylic acids is 1. The van der Waals surface area contributed by atoms with Gasteiger partial charge in [0.2, 0.25) is 0 Å². The minimum atomic E-state index is -1.63. The molecule has 3 aromatic heterocycles. The maximum absolute atomic E-state index is 15.0. The standard InChI is InChI=1S/C43H44ClFN6O7S/c1-25-29(10-12-33(37(25)44)57-20-19-51-17-15-50(2)16-18-51)34-35-38(47-24-48-41(35)59-40(34)26-9-11-31(45)27(21-26)22-55-3)36(42(53)54)39(52)30-7-5-6-8-32(30)58-23-28-13-14-46-43(49-28)56-4/h5-14,21,24,36,39,52H,15-20,22-23H2,1-4H3,(H,53,54). The molecule has 0 spiro atoms. The topological polar surface area (TPSA) is 152 Å². The van der Waals surface area contributed by atoms with Crippen LogP contribution >= 0.6 is 22.9 Å². The van der Waals surface area contributed by atoms with Gasteiger partial charge in [0.05, 0.1) is 30.1 Å². The van der Waals surface area contributed by atoms with Crippen LogP contribution < -0.4 is 14.2 Å². The van der Waals surface area contributed by atoms with Gasteiger partial charge in [0.15, 0.2) is 0 Å². The van der Waals surface area contributed by atoms with Crippen LogP contribution in [0.4, 0.5) is 4.39 Å². The molecule has 59 heavy (non-hydrogen) atoms. The van der Waals surface area contributed by atoms with Gasteiger partial charge in [0, 0.05) is 73.0 Å². The molecular formula is C43H44ClFN6O7S. The number of aromatic nitrogens is 4. The molecule has 0 radical (unpaired) electrons. The molecule has 2 unspecified atom stereocenters. The normalized spacial score (nSPS) is 14.6. The van der Waals surface area contributed by atoms with Gasteiger partial charge in [0.25, 0.3) is 0 Å². The summed E-state index contributed by atoms with van der Waals surface area (Å²) in [7, 11) is 5.07. The van der Waals surface area contributed by atoms with Crippen LogP contribution in [-0.2, 0) is 22.7 Å². The molecule has 2 N–H and O–H groups in total. The molecule has 308 valence electrons. The highest BCUT2D eigenvalue weighted by Crippen LogP contribution is 2.50. The zero-order valence-corrected chi connectivity index (χ0v) is 34.6. The fourth-order valence-electron chi connectivity index (χ4n) is 7.18. The van der Waals surface area contributed by atoms with E-state index in [1.165, 1.54) is 44.1 Å². The fraction of sp³-hybridized carbons (Fsp3) is 0.326. The van der Waals surface area contributed by atoms with Gasteiger partial charge < -0.3 is 34.1 Å². The highest BCUT2D eigenvalue weighted by Gasteiger charge is 2.36. The minimum absolute atomic E-state index is 0.00549. The summed E-state index contributed by atoms with van der Waals surface area (Å²) < 4.78 is 37.7. The average Bonchev–Trinajstić information content (AvgIpc) is 3.63. The molecule has 0 saturated carbocycles. The zero-order chi connectivity index (χ0) is 41.6. The van der Waals surface area contributed by atoms with E-state index in [0.29, 0.717) is 66.0 Å². The Labute approximate surface area is 350 Å². The van der Waals surface area contributed by atoms with E-state index in [1.807, 2.05) is 13.0 Å². The predicted octanol–water partition coefficient (Wildman–Crippen LogP) is 7.18. The molecule has 6 aromatic rings. The van der Waals surface area contributed by atoms with E-state index in [-0.39, 0.29) is 36.2 Å². The van der Waals surface area contributed by atoms with Crippen LogP contribution in [0.25, 0.3) is 31.8 Å². The van der Waals surface area contributed by atoms with Crippen LogP contribution in [0.3, 0.4) is 0 Å². The number of ether oxygens (including phenoxy) is 4. The second-order valence-corrected chi connectivity index (χ2v) is 15.5. The van der Waals surface area contributed by atoms with Crippen molar-refractivity contribution in [1.29, 1.82) is 0 Å². The number of rotatable bonds is 16. The molecule has 13 nitrogen and oxygen atoms in total. The molecule has 1 aliphatic rings. The van der Waals surface area contributed by atoms with Gasteiger partial charge in [0.1, 0.15) is 53.7 Å². The highest BCUT2D eigenvalue weighted by molar-refractivity contribution is 7.22. The molecule has 16 heteroatoms. The van der Waals surface area contributed by atoms with Crippen molar-refractivity contribution in [2.45, 2.75) is 32.2 Å². The first-order valence-corrected chi connectivity index (χ1v) is 20.1. The SMILES string of the molecule is COCc1cc(-c2sc3ncnc(C(C(=O)O)C(O)c4ccccc4OCc4ccnc(OC)n4)c3c2-c2ccc(OCCN3CCN(C)CC3)c(Cl)c2C)ccc1F. The van der Waals surface area contributed by atoms with Crippen molar-refractivity contribution < 1.29 is 38.3 Å². The number of likely N-dealkylation sites (N-methyl/N-ethyl adjacent to an activating group) is 1. The Kier molecular flexibility index (Phi) is 13.3. The molecule has 0 amide bonds. The maximum Gasteiger partial charge on any atom is 0.316 e. The number of carboxylic acid groups (broad SMARTS) is 1. The Balaban J connectivity index is 1.32. The average molecular weight is 843 g/mol. The van der Waals surface area contributed by atoms with E-state index in [4.69, 9.17) is 30.5 Å². The summed E-state index contributed by atoms with van der Waals surface area (Å²) in [6.45, 7) is 7.02. The lowest BCUT2D eigenvalue weighted by atomic mass is 9.87. The molecule has 7 rings (SSSR count). The Morgan fingerprint density at radius 2 is 1.78 bits per heavy atom. The van der Waals surface area contributed by atoms with Crippen LogP contribution in [0, 0.1) is 12.7 Å². The number of methoxy groups -OCH3 is 2. The summed E-state index contributed by atoms with van der Waals surface area (Å²) in [6, 6.07) is 16.9. The van der Waals surface area contributed by atoms with Gasteiger partial charge in [-0.05, 0) is 61.0 Å². The number of nitrogens with zero attached hydrogens (tertiary/aromatic N) is 6. The lowest BCUT2D eigenvalue weighted by molar-refractivity contribution is -0.141. The van der Waals surface area contributed by atoms with E-state index in [1.54, 1.807) is 48.5 Å². The maximum atomic E-state index is 15.0. The van der Waals surface area contributed by atoms with Crippen LogP contribution in [0.2, 0.25) is 5.02 Å². The van der Waals surface area contributed by atoms with Crippen LogP contribution in [-0.4, -0.2) is 107 Å². The summed E-state index contributed by atoms with van der Waals surface area (Å²) in [4.78, 5) is 36.7. The highest BCUT2D eigenvalue weighted by atomic mass is 35.5. The lowest BCUT2D eigenvalue weighted by Gasteiger charge is -2.32. The summed E-state index contributed by atoms with van der Waals surface area (Å²) in [6.07, 6.45) is 1.19. The Hall–Kier alpha value is -5.29. The van der Waals surface area contributed by atoms with Crippen molar-refractivity contribution in [3.8, 4) is 39.1 Å². The smallest absolute Gasteiger partial charge is 0.316 e. The van der Waals surface area contributed by atoms with Crippen molar-refractivity contribution in [2.75, 3.05) is 60.6 Å². The lowest BCUT2D eigenvalue weighted by Crippen LogP contribution is -2.45. The van der Waals surface area contributed by atoms with Gasteiger partial charge in [-0.2, -0.15) is 4.98 Å². The number of thiophene rings is 1. The van der Waals surface area contributed by atoms with Crippen molar-refractivity contribution in [3.05, 3.63) is 112 Å². The molecule has 0 aliphatic carbocycles. The number of piperazine rings is 1. The van der Waals surface area contributed by atoms with Crippen LogP contribution in [0.15, 0.2) is 73.2 Å². The van der Waals surface area contributed by atoms with Gasteiger partial charge in [-0.3, -0.25) is 9.69 Å². The summed E-state index contributed by atoms with van der Waals surface area (Å²) in [5.74, 6) is -2.57. The molecule has 0 bridgehead atoms. The third kappa shape index (κ3) is 9.15. The number of halogens is 2. The molecule has 1 fully saturated rings. The van der Waals surface area contributed by atoms with Crippen molar-refractivity contribution in [2.24, 2.45) is 0 Å². The number of hydrogen-bond donors (Lipinski definition) is 2.